The number of pyridine rings is 2. The number of alkyl halides is 3. The highest BCUT2D eigenvalue weighted by atomic mass is 19.4. The lowest BCUT2D eigenvalue weighted by Crippen LogP contribution is -2.54. The minimum absolute atomic E-state index is 0.0450. The summed E-state index contributed by atoms with van der Waals surface area (Å²) in [7, 11) is 0. The molecule has 5 heterocycles. The molecule has 0 spiro atoms. The Morgan fingerprint density at radius 2 is 1.89 bits per heavy atom. The van der Waals surface area contributed by atoms with E-state index in [9.17, 15) is 13.2 Å². The van der Waals surface area contributed by atoms with E-state index in [1.54, 1.807) is 18.5 Å². The van der Waals surface area contributed by atoms with Crippen LogP contribution in [-0.4, -0.2) is 50.1 Å². The summed E-state index contributed by atoms with van der Waals surface area (Å²) in [6.45, 7) is 5.19. The van der Waals surface area contributed by atoms with Crippen molar-refractivity contribution in [2.45, 2.75) is 38.7 Å². The quantitative estimate of drug-likeness (QED) is 0.329. The first kappa shape index (κ1) is 23.8. The Morgan fingerprint density at radius 3 is 2.61 bits per heavy atom. The van der Waals surface area contributed by atoms with Gasteiger partial charge < -0.3 is 26.3 Å². The molecule has 5 N–H and O–H groups in total. The fourth-order valence-corrected chi connectivity index (χ4v) is 4.62. The Labute approximate surface area is 205 Å². The molecule has 4 aromatic rings. The molecular weight excluding hydrogens is 471 g/mol. The zero-order valence-electron chi connectivity index (χ0n) is 19.8. The van der Waals surface area contributed by atoms with E-state index in [1.165, 1.54) is 6.33 Å². The average Bonchev–Trinajstić information content (AvgIpc) is 3.26. The molecular formula is C24H26F3N9. The van der Waals surface area contributed by atoms with Crippen molar-refractivity contribution in [2.24, 2.45) is 0 Å². The van der Waals surface area contributed by atoms with Crippen LogP contribution >= 0.6 is 0 Å². The number of aromatic amines is 1. The number of hydrogen-bond acceptors (Lipinski definition) is 8. The average molecular weight is 498 g/mol. The van der Waals surface area contributed by atoms with Gasteiger partial charge in [0.15, 0.2) is 0 Å². The van der Waals surface area contributed by atoms with Crippen molar-refractivity contribution >= 4 is 28.5 Å². The number of halogens is 3. The van der Waals surface area contributed by atoms with E-state index < -0.39 is 11.7 Å². The molecule has 1 aliphatic heterocycles. The van der Waals surface area contributed by atoms with Crippen LogP contribution in [-0.2, 0) is 12.7 Å². The summed E-state index contributed by atoms with van der Waals surface area (Å²) in [5.74, 6) is 1.14. The summed E-state index contributed by atoms with van der Waals surface area (Å²) in [4.78, 5) is 22.2. The number of nitrogens with one attached hydrogen (secondary N) is 3. The van der Waals surface area contributed by atoms with Gasteiger partial charge in [0.25, 0.3) is 0 Å². The first-order valence-corrected chi connectivity index (χ1v) is 11.5. The van der Waals surface area contributed by atoms with Gasteiger partial charge in [-0.25, -0.2) is 19.9 Å². The van der Waals surface area contributed by atoms with Crippen LogP contribution in [0.5, 0.6) is 0 Å². The number of anilines is 3. The molecule has 0 aromatic carbocycles. The molecule has 4 aromatic heterocycles. The Balaban J connectivity index is 1.48. The van der Waals surface area contributed by atoms with Gasteiger partial charge in [-0.15, -0.1) is 0 Å². The fourth-order valence-electron chi connectivity index (χ4n) is 4.62. The van der Waals surface area contributed by atoms with Gasteiger partial charge in [0.05, 0.1) is 23.2 Å². The second kappa shape index (κ2) is 9.26. The minimum atomic E-state index is -4.49. The molecule has 0 saturated carbocycles. The van der Waals surface area contributed by atoms with Crippen molar-refractivity contribution in [1.29, 1.82) is 0 Å². The van der Waals surface area contributed by atoms with Crippen molar-refractivity contribution in [3.05, 3.63) is 54.2 Å². The molecule has 0 bridgehead atoms. The Kier molecular flexibility index (Phi) is 6.12. The van der Waals surface area contributed by atoms with Gasteiger partial charge in [-0.3, -0.25) is 0 Å². The standard InChI is InChI=1S/C24H26F3N9/c1-13-10-36(11-14(2)34-13)20-7-16(24(25,26)27)6-17(35-20)8-30-22-21-18(9-31-23(21)33-12-32-22)15-3-4-29-19(28)5-15/h3-7,9,12-14,34H,8,10-11H2,1-2H3,(H2,28,29)(H2,30,31,32,33)/t13-,14+. The number of piperazine rings is 1. The summed E-state index contributed by atoms with van der Waals surface area (Å²) < 4.78 is 41.3. The monoisotopic (exact) mass is 497 g/mol. The van der Waals surface area contributed by atoms with Gasteiger partial charge in [-0.1, -0.05) is 0 Å². The Bertz CT molecular complexity index is 1380. The van der Waals surface area contributed by atoms with Crippen molar-refractivity contribution in [3.8, 4) is 11.1 Å². The normalized spacial score (nSPS) is 18.5. The van der Waals surface area contributed by atoms with Crippen LogP contribution in [0.1, 0.15) is 25.1 Å². The third-order valence-electron chi connectivity index (χ3n) is 6.07. The molecule has 5 rings (SSSR count). The van der Waals surface area contributed by atoms with E-state index >= 15 is 0 Å². The van der Waals surface area contributed by atoms with E-state index in [4.69, 9.17) is 5.73 Å². The van der Waals surface area contributed by atoms with Gasteiger partial charge in [-0.2, -0.15) is 13.2 Å². The highest BCUT2D eigenvalue weighted by Gasteiger charge is 2.33. The summed E-state index contributed by atoms with van der Waals surface area (Å²) >= 11 is 0. The minimum Gasteiger partial charge on any atom is -0.384 e. The number of nitrogens with zero attached hydrogens (tertiary/aromatic N) is 5. The topological polar surface area (TPSA) is 121 Å². The van der Waals surface area contributed by atoms with Crippen LogP contribution in [0, 0.1) is 0 Å². The van der Waals surface area contributed by atoms with E-state index in [0.717, 1.165) is 23.3 Å². The maximum atomic E-state index is 13.8. The van der Waals surface area contributed by atoms with Gasteiger partial charge in [-0.05, 0) is 43.7 Å². The molecule has 0 radical (unpaired) electrons. The summed E-state index contributed by atoms with van der Waals surface area (Å²) in [6, 6.07) is 6.01. The third kappa shape index (κ3) is 4.89. The van der Waals surface area contributed by atoms with Crippen LogP contribution in [0.15, 0.2) is 43.0 Å². The molecule has 1 fully saturated rings. The number of aromatic nitrogens is 5. The van der Waals surface area contributed by atoms with E-state index in [2.05, 4.69) is 35.6 Å². The van der Waals surface area contributed by atoms with Crippen LogP contribution in [0.2, 0.25) is 0 Å². The maximum absolute atomic E-state index is 13.8. The van der Waals surface area contributed by atoms with E-state index in [-0.39, 0.29) is 24.3 Å². The molecule has 0 amide bonds. The van der Waals surface area contributed by atoms with Crippen LogP contribution in [0.4, 0.5) is 30.6 Å². The molecule has 36 heavy (non-hydrogen) atoms. The number of nitrogens with two attached hydrogens (primary N) is 1. The highest BCUT2D eigenvalue weighted by Crippen LogP contribution is 2.34. The molecule has 2 atom stereocenters. The lowest BCUT2D eigenvalue weighted by atomic mass is 10.1. The van der Waals surface area contributed by atoms with Crippen LogP contribution in [0.25, 0.3) is 22.2 Å². The van der Waals surface area contributed by atoms with E-state index in [0.29, 0.717) is 41.6 Å². The number of nitrogen functional groups attached to an aromatic ring is 1. The van der Waals surface area contributed by atoms with Gasteiger partial charge in [0, 0.05) is 43.1 Å². The number of H-pyrrole nitrogens is 1. The predicted molar refractivity (Wildman–Crippen MR) is 132 cm³/mol. The van der Waals surface area contributed by atoms with Crippen molar-refractivity contribution in [2.75, 3.05) is 29.0 Å². The zero-order chi connectivity index (χ0) is 25.4. The first-order chi connectivity index (χ1) is 17.2. The van der Waals surface area contributed by atoms with Crippen LogP contribution in [0.3, 0.4) is 0 Å². The first-order valence-electron chi connectivity index (χ1n) is 11.5. The number of rotatable bonds is 5. The van der Waals surface area contributed by atoms with Crippen LogP contribution < -0.4 is 21.3 Å². The molecule has 0 aliphatic carbocycles. The molecule has 1 saturated heterocycles. The molecule has 188 valence electrons. The molecule has 0 unspecified atom stereocenters. The maximum Gasteiger partial charge on any atom is 0.416 e. The number of fused-ring (bicyclic) bond motifs is 1. The van der Waals surface area contributed by atoms with Gasteiger partial charge >= 0.3 is 6.18 Å². The lowest BCUT2D eigenvalue weighted by molar-refractivity contribution is -0.137. The third-order valence-corrected chi connectivity index (χ3v) is 6.07. The molecule has 1 aliphatic rings. The van der Waals surface area contributed by atoms with Crippen molar-refractivity contribution < 1.29 is 13.2 Å². The zero-order valence-corrected chi connectivity index (χ0v) is 19.8. The SMILES string of the molecule is C[C@@H]1CN(c2cc(C(F)(F)F)cc(CNc3ncnc4[nH]cc(-c5ccnc(N)c5)c34)n2)C[C@H](C)N1. The Morgan fingerprint density at radius 1 is 1.11 bits per heavy atom. The Hall–Kier alpha value is -3.93. The molecule has 9 nitrogen and oxygen atoms in total. The van der Waals surface area contributed by atoms with Crippen molar-refractivity contribution in [3.63, 3.8) is 0 Å². The number of hydrogen-bond donors (Lipinski definition) is 4. The fraction of sp³-hybridized carbons (Fsp3) is 0.333. The summed E-state index contributed by atoms with van der Waals surface area (Å²) in [5, 5.41) is 7.25. The second-order valence-corrected chi connectivity index (χ2v) is 9.05. The smallest absolute Gasteiger partial charge is 0.384 e. The molecule has 12 heteroatoms. The van der Waals surface area contributed by atoms with E-state index in [1.807, 2.05) is 24.8 Å². The summed E-state index contributed by atoms with van der Waals surface area (Å²) in [6.07, 6.45) is 0.286. The second-order valence-electron chi connectivity index (χ2n) is 9.05. The largest absolute Gasteiger partial charge is 0.416 e. The highest BCUT2D eigenvalue weighted by molar-refractivity contribution is 6.01. The predicted octanol–water partition coefficient (Wildman–Crippen LogP) is 3.81. The van der Waals surface area contributed by atoms with Crippen molar-refractivity contribution in [1.82, 2.24) is 30.2 Å². The summed E-state index contributed by atoms with van der Waals surface area (Å²) in [5.41, 5.74) is 7.57. The van der Waals surface area contributed by atoms with Gasteiger partial charge in [0.2, 0.25) is 0 Å². The van der Waals surface area contributed by atoms with Gasteiger partial charge in [0.1, 0.15) is 29.4 Å². The lowest BCUT2D eigenvalue weighted by Gasteiger charge is -2.37.